The van der Waals surface area contributed by atoms with Crippen LogP contribution in [0.2, 0.25) is 0 Å². The zero-order valence-corrected chi connectivity index (χ0v) is 17.4. The van der Waals surface area contributed by atoms with Crippen molar-refractivity contribution in [3.63, 3.8) is 0 Å². The molecule has 2 amide bonds. The van der Waals surface area contributed by atoms with Crippen LogP contribution in [0.1, 0.15) is 20.7 Å². The molecule has 0 aliphatic heterocycles. The van der Waals surface area contributed by atoms with Gasteiger partial charge in [0.05, 0.1) is 25.5 Å². The number of carbonyl (C=O) groups excluding carboxylic acids is 2. The number of carbonyl (C=O) groups is 2. The topological polar surface area (TPSA) is 76.7 Å². The average molecular weight is 455 g/mol. The summed E-state index contributed by atoms with van der Waals surface area (Å²) in [6, 6.07) is 19.0. The third-order valence-electron chi connectivity index (χ3n) is 4.16. The van der Waals surface area contributed by atoms with Gasteiger partial charge in [-0.25, -0.2) is 0 Å². The molecule has 0 aromatic heterocycles. The zero-order chi connectivity index (χ0) is 20.8. The predicted molar refractivity (Wildman–Crippen MR) is 116 cm³/mol. The van der Waals surface area contributed by atoms with Crippen LogP contribution in [-0.2, 0) is 0 Å². The van der Waals surface area contributed by atoms with Gasteiger partial charge in [0.25, 0.3) is 11.8 Å². The molecule has 0 heterocycles. The summed E-state index contributed by atoms with van der Waals surface area (Å²) < 4.78 is 11.1. The van der Waals surface area contributed by atoms with Gasteiger partial charge >= 0.3 is 0 Å². The maximum absolute atomic E-state index is 12.6. The molecule has 0 radical (unpaired) electrons. The molecule has 2 N–H and O–H groups in total. The largest absolute Gasteiger partial charge is 0.497 e. The summed E-state index contributed by atoms with van der Waals surface area (Å²) in [5, 5.41) is 5.66. The highest BCUT2D eigenvalue weighted by atomic mass is 79.9. The molecule has 148 valence electrons. The second kappa shape index (κ2) is 9.25. The molecule has 0 aliphatic rings. The predicted octanol–water partition coefficient (Wildman–Crippen LogP) is 4.97. The van der Waals surface area contributed by atoms with Gasteiger partial charge in [0.15, 0.2) is 0 Å². The van der Waals surface area contributed by atoms with Crippen molar-refractivity contribution in [3.05, 3.63) is 82.3 Å². The number of nitrogens with one attached hydrogen (secondary N) is 2. The number of hydrogen-bond donors (Lipinski definition) is 2. The lowest BCUT2D eigenvalue weighted by molar-refractivity contribution is 0.101. The lowest BCUT2D eigenvalue weighted by Crippen LogP contribution is -2.14. The Morgan fingerprint density at radius 1 is 0.828 bits per heavy atom. The number of ether oxygens (including phenoxy) is 2. The van der Waals surface area contributed by atoms with Gasteiger partial charge in [-0.15, -0.1) is 0 Å². The fourth-order valence-electron chi connectivity index (χ4n) is 2.66. The highest BCUT2D eigenvalue weighted by Gasteiger charge is 2.15. The van der Waals surface area contributed by atoms with Gasteiger partial charge in [0.2, 0.25) is 0 Å². The Labute approximate surface area is 177 Å². The molecule has 0 saturated carbocycles. The minimum absolute atomic E-state index is 0.217. The lowest BCUT2D eigenvalue weighted by Gasteiger charge is -2.12. The van der Waals surface area contributed by atoms with Gasteiger partial charge in [0, 0.05) is 21.8 Å². The molecule has 0 atom stereocenters. The Morgan fingerprint density at radius 3 is 2.24 bits per heavy atom. The third-order valence-corrected chi connectivity index (χ3v) is 4.82. The fourth-order valence-corrected chi connectivity index (χ4v) is 3.14. The highest BCUT2D eigenvalue weighted by Crippen LogP contribution is 2.29. The van der Waals surface area contributed by atoms with E-state index >= 15 is 0 Å². The van der Waals surface area contributed by atoms with Gasteiger partial charge in [-0.2, -0.15) is 0 Å². The van der Waals surface area contributed by atoms with E-state index in [1.165, 1.54) is 7.11 Å². The number of amides is 2. The summed E-state index contributed by atoms with van der Waals surface area (Å²) in [4.78, 5) is 24.9. The van der Waals surface area contributed by atoms with E-state index in [0.717, 1.165) is 0 Å². The normalized spacial score (nSPS) is 10.2. The number of anilines is 2. The van der Waals surface area contributed by atoms with E-state index in [0.29, 0.717) is 38.5 Å². The molecule has 6 nitrogen and oxygen atoms in total. The van der Waals surface area contributed by atoms with Crippen LogP contribution in [0.4, 0.5) is 11.4 Å². The molecular formula is C22H19BrN2O4. The van der Waals surface area contributed by atoms with Crippen LogP contribution >= 0.6 is 15.9 Å². The van der Waals surface area contributed by atoms with Crippen molar-refractivity contribution in [3.8, 4) is 11.5 Å². The number of halogens is 1. The first-order chi connectivity index (χ1) is 14.0. The molecule has 0 aliphatic carbocycles. The molecule has 29 heavy (non-hydrogen) atoms. The minimum atomic E-state index is -0.322. The molecule has 0 bridgehead atoms. The van der Waals surface area contributed by atoms with Gasteiger partial charge in [-0.3, -0.25) is 9.59 Å². The van der Waals surface area contributed by atoms with Crippen LogP contribution in [-0.4, -0.2) is 26.0 Å². The Hall–Kier alpha value is -3.32. The van der Waals surface area contributed by atoms with E-state index in [1.807, 2.05) is 6.07 Å². The SMILES string of the molecule is COc1ccc(C(=O)Nc2ccc(NC(=O)c3ccccc3)c(Br)c2)c(OC)c1. The number of rotatable bonds is 6. The van der Waals surface area contributed by atoms with E-state index in [-0.39, 0.29) is 11.8 Å². The van der Waals surface area contributed by atoms with Crippen molar-refractivity contribution < 1.29 is 19.1 Å². The Morgan fingerprint density at radius 2 is 1.59 bits per heavy atom. The van der Waals surface area contributed by atoms with Crippen molar-refractivity contribution in [2.75, 3.05) is 24.9 Å². The first-order valence-electron chi connectivity index (χ1n) is 8.71. The van der Waals surface area contributed by atoms with Gasteiger partial charge in [-0.1, -0.05) is 18.2 Å². The Kier molecular flexibility index (Phi) is 6.51. The van der Waals surface area contributed by atoms with E-state index in [1.54, 1.807) is 67.8 Å². The van der Waals surface area contributed by atoms with Gasteiger partial charge in [-0.05, 0) is 58.4 Å². The van der Waals surface area contributed by atoms with Crippen LogP contribution < -0.4 is 20.1 Å². The molecule has 0 fully saturated rings. The Balaban J connectivity index is 1.74. The van der Waals surface area contributed by atoms with Crippen LogP contribution in [0.5, 0.6) is 11.5 Å². The summed E-state index contributed by atoms with van der Waals surface area (Å²) in [5.41, 5.74) is 2.10. The Bertz CT molecular complexity index is 1040. The minimum Gasteiger partial charge on any atom is -0.497 e. The van der Waals surface area contributed by atoms with Crippen LogP contribution in [0.15, 0.2) is 71.2 Å². The molecule has 0 saturated heterocycles. The summed E-state index contributed by atoms with van der Waals surface area (Å²) >= 11 is 3.43. The summed E-state index contributed by atoms with van der Waals surface area (Å²) in [7, 11) is 3.04. The van der Waals surface area contributed by atoms with Crippen LogP contribution in [0, 0.1) is 0 Å². The van der Waals surface area contributed by atoms with E-state index < -0.39 is 0 Å². The molecule has 3 aromatic rings. The maximum atomic E-state index is 12.6. The molecule has 3 aromatic carbocycles. The van der Waals surface area contributed by atoms with Crippen molar-refractivity contribution in [2.24, 2.45) is 0 Å². The molecule has 0 spiro atoms. The quantitative estimate of drug-likeness (QED) is 0.550. The van der Waals surface area contributed by atoms with Crippen molar-refractivity contribution in [1.29, 1.82) is 0 Å². The standard InChI is InChI=1S/C22H19BrN2O4/c1-28-16-9-10-17(20(13-16)29-2)22(27)24-15-8-11-19(18(23)12-15)25-21(26)14-6-4-3-5-7-14/h3-13H,1-2H3,(H,24,27)(H,25,26). The zero-order valence-electron chi connectivity index (χ0n) is 15.9. The van der Waals surface area contributed by atoms with E-state index in [9.17, 15) is 9.59 Å². The first-order valence-corrected chi connectivity index (χ1v) is 9.50. The smallest absolute Gasteiger partial charge is 0.259 e. The molecule has 7 heteroatoms. The fraction of sp³-hybridized carbons (Fsp3) is 0.0909. The summed E-state index contributed by atoms with van der Waals surface area (Å²) in [6.45, 7) is 0. The van der Waals surface area contributed by atoms with Crippen molar-refractivity contribution in [2.45, 2.75) is 0 Å². The third kappa shape index (κ3) is 4.94. The molecular weight excluding hydrogens is 436 g/mol. The van der Waals surface area contributed by atoms with Crippen molar-refractivity contribution >= 4 is 39.1 Å². The van der Waals surface area contributed by atoms with Gasteiger partial charge in [0.1, 0.15) is 11.5 Å². The first kappa shape index (κ1) is 20.4. The van der Waals surface area contributed by atoms with Gasteiger partial charge < -0.3 is 20.1 Å². The molecule has 0 unspecified atom stereocenters. The number of benzene rings is 3. The number of hydrogen-bond acceptors (Lipinski definition) is 4. The van der Waals surface area contributed by atoms with E-state index in [2.05, 4.69) is 26.6 Å². The highest BCUT2D eigenvalue weighted by molar-refractivity contribution is 9.10. The monoisotopic (exact) mass is 454 g/mol. The molecule has 3 rings (SSSR count). The second-order valence-corrected chi connectivity index (χ2v) is 6.89. The lowest BCUT2D eigenvalue weighted by atomic mass is 10.1. The summed E-state index contributed by atoms with van der Waals surface area (Å²) in [6.07, 6.45) is 0. The van der Waals surface area contributed by atoms with E-state index in [4.69, 9.17) is 9.47 Å². The average Bonchev–Trinajstić information content (AvgIpc) is 2.75. The number of methoxy groups -OCH3 is 2. The summed E-state index contributed by atoms with van der Waals surface area (Å²) in [5.74, 6) is 0.468. The van der Waals surface area contributed by atoms with Crippen LogP contribution in [0.3, 0.4) is 0 Å². The van der Waals surface area contributed by atoms with Crippen molar-refractivity contribution in [1.82, 2.24) is 0 Å². The maximum Gasteiger partial charge on any atom is 0.259 e. The second-order valence-electron chi connectivity index (χ2n) is 6.04. The van der Waals surface area contributed by atoms with Crippen LogP contribution in [0.25, 0.3) is 0 Å².